The smallest absolute Gasteiger partial charge is 0.164 e. The van der Waals surface area contributed by atoms with Crippen molar-refractivity contribution < 1.29 is 30.0 Å². The zero-order chi connectivity index (χ0) is 38.2. The standard InChI is InChI=1S/C31H29N2S2.C15H28O2.Ir/c1-17(2)11-22-18(3)34-26-15-24-27(14-23(22)26)35-30-28(32-16-33-29(24)30)20-12-19-9-7-8-10-21(19)25(13-20)31(4,5)6;1-7-14(5,8-2)12(16)11-13(17)15(6,9-3)10-4;/h7-10,13-17H,11H2,1-6H3;11,16H,7-10H2,1-6H3;/q-1;;/b;12-11-;. The Morgan fingerprint density at radius 3 is 2.06 bits per heavy atom. The first-order valence-corrected chi connectivity index (χ1v) is 20.6. The minimum absolute atomic E-state index is 0. The second kappa shape index (κ2) is 16.8. The molecule has 0 aliphatic heterocycles. The number of aliphatic hydroxyl groups excluding tert-OH is 1. The van der Waals surface area contributed by atoms with Crippen LogP contribution < -0.4 is 0 Å². The van der Waals surface area contributed by atoms with Crippen LogP contribution in [0.2, 0.25) is 0 Å². The molecule has 3 aromatic heterocycles. The number of carbonyl (C=O) groups is 1. The third-order valence-electron chi connectivity index (χ3n) is 11.4. The zero-order valence-corrected chi connectivity index (χ0v) is 37.7. The van der Waals surface area contributed by atoms with Gasteiger partial charge in [0.1, 0.15) is 12.1 Å². The number of hydrogen-bond donors (Lipinski definition) is 1. The Balaban J connectivity index is 0.000000299. The van der Waals surface area contributed by atoms with Gasteiger partial charge in [-0.25, -0.2) is 4.98 Å². The van der Waals surface area contributed by atoms with E-state index in [-0.39, 0.29) is 47.9 Å². The number of benzene rings is 3. The van der Waals surface area contributed by atoms with Crippen LogP contribution in [0.1, 0.15) is 118 Å². The van der Waals surface area contributed by atoms with E-state index in [1.807, 2.05) is 64.2 Å². The largest absolute Gasteiger partial charge is 0.512 e. The molecule has 6 rings (SSSR count). The number of carbonyl (C=O) groups excluding carboxylic acids is 1. The molecular weight excluding hydrogens is 869 g/mol. The maximum Gasteiger partial charge on any atom is 0.164 e. The molecule has 1 radical (unpaired) electrons. The maximum atomic E-state index is 12.2. The number of nitrogens with zero attached hydrogens (tertiary/aromatic N) is 2. The van der Waals surface area contributed by atoms with E-state index in [2.05, 4.69) is 90.1 Å². The fourth-order valence-electron chi connectivity index (χ4n) is 6.85. The maximum absolute atomic E-state index is 12.2. The van der Waals surface area contributed by atoms with Crippen LogP contribution in [0.25, 0.3) is 52.4 Å². The summed E-state index contributed by atoms with van der Waals surface area (Å²) in [6.07, 6.45) is 7.59. The summed E-state index contributed by atoms with van der Waals surface area (Å²) >= 11 is 3.72. The molecule has 0 spiro atoms. The number of aliphatic hydroxyl groups is 1. The fourth-order valence-corrected chi connectivity index (χ4v) is 9.15. The normalized spacial score (nSPS) is 12.8. The molecule has 0 atom stereocenters. The number of hydrogen-bond acceptors (Lipinski definition) is 6. The minimum Gasteiger partial charge on any atom is -0.512 e. The van der Waals surface area contributed by atoms with Crippen LogP contribution in [0.4, 0.5) is 0 Å². The van der Waals surface area contributed by atoms with E-state index >= 15 is 0 Å². The van der Waals surface area contributed by atoms with Crippen molar-refractivity contribution in [3.8, 4) is 11.3 Å². The Morgan fingerprint density at radius 1 is 0.849 bits per heavy atom. The molecule has 0 fully saturated rings. The van der Waals surface area contributed by atoms with Gasteiger partial charge in [-0.05, 0) is 73.4 Å². The van der Waals surface area contributed by atoms with E-state index in [1.165, 1.54) is 47.6 Å². The minimum atomic E-state index is -0.337. The summed E-state index contributed by atoms with van der Waals surface area (Å²) in [6.45, 7) is 25.8. The molecule has 0 saturated heterocycles. The van der Waals surface area contributed by atoms with Crippen LogP contribution in [-0.2, 0) is 36.7 Å². The monoisotopic (exact) mass is 926 g/mol. The van der Waals surface area contributed by atoms with Crippen LogP contribution >= 0.6 is 22.7 Å². The molecule has 0 unspecified atom stereocenters. The quantitative estimate of drug-likeness (QED) is 0.0845. The van der Waals surface area contributed by atoms with E-state index in [0.29, 0.717) is 5.92 Å². The van der Waals surface area contributed by atoms with Gasteiger partial charge in [-0.1, -0.05) is 105 Å². The van der Waals surface area contributed by atoms with Crippen molar-refractivity contribution in [1.29, 1.82) is 0 Å². The molecule has 7 heteroatoms. The molecule has 3 aromatic carbocycles. The number of fused-ring (bicyclic) bond motifs is 5. The average Bonchev–Trinajstić information content (AvgIpc) is 3.64. The van der Waals surface area contributed by atoms with Gasteiger partial charge in [0.2, 0.25) is 0 Å². The summed E-state index contributed by atoms with van der Waals surface area (Å²) in [5.41, 5.74) is 5.32. The van der Waals surface area contributed by atoms with Gasteiger partial charge in [0.15, 0.2) is 5.78 Å². The Labute approximate surface area is 338 Å². The number of ketones is 1. The molecular formula is C46H57IrN2O2S2-. The number of rotatable bonds is 10. The van der Waals surface area contributed by atoms with Crippen LogP contribution in [-0.4, -0.2) is 20.9 Å². The summed E-state index contributed by atoms with van der Waals surface area (Å²) in [4.78, 5) is 23.2. The second-order valence-electron chi connectivity index (χ2n) is 16.4. The topological polar surface area (TPSA) is 63.1 Å². The summed E-state index contributed by atoms with van der Waals surface area (Å²) in [6, 6.07) is 19.3. The van der Waals surface area contributed by atoms with Crippen LogP contribution in [0.3, 0.4) is 0 Å². The predicted octanol–water partition coefficient (Wildman–Crippen LogP) is 14.1. The van der Waals surface area contributed by atoms with E-state index in [1.54, 1.807) is 6.33 Å². The summed E-state index contributed by atoms with van der Waals surface area (Å²) < 4.78 is 3.79. The summed E-state index contributed by atoms with van der Waals surface area (Å²) in [5, 5.41) is 15.2. The average molecular weight is 926 g/mol. The summed E-state index contributed by atoms with van der Waals surface area (Å²) in [7, 11) is 0. The van der Waals surface area contributed by atoms with Crippen molar-refractivity contribution in [2.75, 3.05) is 0 Å². The molecule has 1 N–H and O–H groups in total. The SMILES string of the molecule is CCC(C)(CC)C(=O)/C=C(\O)C(C)(CC)CC.Cc1sc2cc3c(cc2c1CC(C)C)sc1c(-c2[c-]c4ccccc4c(C(C)(C)C)c2)ncnc13.[Ir]. The van der Waals surface area contributed by atoms with Gasteiger partial charge in [0, 0.05) is 67.1 Å². The van der Waals surface area contributed by atoms with Gasteiger partial charge >= 0.3 is 0 Å². The zero-order valence-electron chi connectivity index (χ0n) is 33.7. The van der Waals surface area contributed by atoms with Gasteiger partial charge in [-0.2, -0.15) is 0 Å². The predicted molar refractivity (Wildman–Crippen MR) is 227 cm³/mol. The molecule has 0 saturated carbocycles. The van der Waals surface area contributed by atoms with Crippen molar-refractivity contribution >= 4 is 69.6 Å². The number of aromatic nitrogens is 2. The molecule has 0 aliphatic rings. The van der Waals surface area contributed by atoms with Crippen molar-refractivity contribution in [3.63, 3.8) is 0 Å². The number of thiophene rings is 2. The molecule has 4 nitrogen and oxygen atoms in total. The third kappa shape index (κ3) is 8.64. The molecule has 53 heavy (non-hydrogen) atoms. The van der Waals surface area contributed by atoms with Gasteiger partial charge in [0.25, 0.3) is 0 Å². The van der Waals surface area contributed by atoms with E-state index in [0.717, 1.165) is 59.0 Å². The molecule has 0 amide bonds. The van der Waals surface area contributed by atoms with Crippen molar-refractivity contribution in [2.24, 2.45) is 16.7 Å². The molecule has 6 aromatic rings. The Bertz CT molecular complexity index is 2260. The van der Waals surface area contributed by atoms with Crippen LogP contribution in [0.15, 0.2) is 60.6 Å². The first-order chi connectivity index (χ1) is 24.5. The Kier molecular flexibility index (Phi) is 13.6. The molecule has 0 aliphatic carbocycles. The summed E-state index contributed by atoms with van der Waals surface area (Å²) in [5.74, 6) is 0.927. The van der Waals surface area contributed by atoms with Gasteiger partial charge in [-0.3, -0.25) is 9.78 Å². The molecule has 3 heterocycles. The molecule has 0 bridgehead atoms. The fraction of sp³-hybridized carbons (Fsp3) is 0.457. The van der Waals surface area contributed by atoms with Gasteiger partial charge < -0.3 is 5.11 Å². The first-order valence-electron chi connectivity index (χ1n) is 19.0. The second-order valence-corrected chi connectivity index (χ2v) is 18.7. The van der Waals surface area contributed by atoms with Crippen molar-refractivity contribution in [3.05, 3.63) is 82.7 Å². The number of allylic oxidation sites excluding steroid dienone is 2. The molecule has 285 valence electrons. The van der Waals surface area contributed by atoms with Crippen LogP contribution in [0, 0.1) is 29.7 Å². The Hall–Kier alpha value is -2.96. The van der Waals surface area contributed by atoms with Crippen LogP contribution in [0.5, 0.6) is 0 Å². The van der Waals surface area contributed by atoms with Crippen molar-refractivity contribution in [1.82, 2.24) is 9.97 Å². The third-order valence-corrected chi connectivity index (χ3v) is 13.7. The van der Waals surface area contributed by atoms with Gasteiger partial charge in [0.05, 0.1) is 5.52 Å². The van der Waals surface area contributed by atoms with Crippen molar-refractivity contribution in [2.45, 2.75) is 121 Å². The first kappa shape index (κ1) is 42.8. The number of aryl methyl sites for hydroxylation is 1. The van der Waals surface area contributed by atoms with E-state index in [9.17, 15) is 9.90 Å². The van der Waals surface area contributed by atoms with E-state index in [4.69, 9.17) is 9.97 Å². The van der Waals surface area contributed by atoms with Gasteiger partial charge in [-0.15, -0.1) is 51.8 Å². The Morgan fingerprint density at radius 2 is 1.45 bits per heavy atom. The van der Waals surface area contributed by atoms with E-state index < -0.39 is 0 Å².